The van der Waals surface area contributed by atoms with Crippen molar-refractivity contribution in [1.82, 2.24) is 10.6 Å². The van der Waals surface area contributed by atoms with E-state index in [9.17, 15) is 9.59 Å². The van der Waals surface area contributed by atoms with Crippen LogP contribution in [0.2, 0.25) is 0 Å². The van der Waals surface area contributed by atoms with E-state index in [4.69, 9.17) is 0 Å². The molecule has 0 bridgehead atoms. The molecule has 3 amide bonds. The topological polar surface area (TPSA) is 70.2 Å². The Hall–Kier alpha value is -2.04. The van der Waals surface area contributed by atoms with Gasteiger partial charge in [-0.05, 0) is 49.9 Å². The zero-order valence-electron chi connectivity index (χ0n) is 14.1. The summed E-state index contributed by atoms with van der Waals surface area (Å²) in [5, 5.41) is 8.53. The van der Waals surface area contributed by atoms with Crippen molar-refractivity contribution in [3.63, 3.8) is 0 Å². The van der Waals surface area contributed by atoms with Gasteiger partial charge in [0.1, 0.15) is 0 Å². The number of carbonyl (C=O) groups is 2. The molecule has 0 aliphatic carbocycles. The number of nitrogens with one attached hydrogen (secondary N) is 3. The molecule has 5 nitrogen and oxygen atoms in total. The second kappa shape index (κ2) is 8.41. The predicted octanol–water partition coefficient (Wildman–Crippen LogP) is 3.30. The second-order valence-electron chi connectivity index (χ2n) is 6.04. The summed E-state index contributed by atoms with van der Waals surface area (Å²) in [6.45, 7) is 10.6. The minimum Gasteiger partial charge on any atom is -0.350 e. The number of hydrogen-bond donors (Lipinski definition) is 3. The number of aryl methyl sites for hydroxylation is 1. The molecule has 0 saturated heterocycles. The maximum Gasteiger partial charge on any atom is 0.319 e. The second-order valence-corrected chi connectivity index (χ2v) is 6.04. The Morgan fingerprint density at radius 1 is 1.18 bits per heavy atom. The van der Waals surface area contributed by atoms with Crippen molar-refractivity contribution in [2.24, 2.45) is 5.92 Å². The molecule has 0 aliphatic rings. The largest absolute Gasteiger partial charge is 0.350 e. The van der Waals surface area contributed by atoms with Gasteiger partial charge in [0.2, 0.25) is 0 Å². The van der Waals surface area contributed by atoms with E-state index in [2.05, 4.69) is 16.0 Å². The summed E-state index contributed by atoms with van der Waals surface area (Å²) < 4.78 is 0. The van der Waals surface area contributed by atoms with E-state index in [1.54, 1.807) is 18.2 Å². The third kappa shape index (κ3) is 5.76. The maximum absolute atomic E-state index is 12.1. The number of urea groups is 1. The first-order valence-electron chi connectivity index (χ1n) is 7.79. The summed E-state index contributed by atoms with van der Waals surface area (Å²) in [7, 11) is 0. The first-order chi connectivity index (χ1) is 10.3. The lowest BCUT2D eigenvalue weighted by molar-refractivity contribution is 0.0939. The summed E-state index contributed by atoms with van der Waals surface area (Å²) >= 11 is 0. The third-order valence-electron chi connectivity index (χ3n) is 3.40. The zero-order chi connectivity index (χ0) is 16.7. The lowest BCUT2D eigenvalue weighted by atomic mass is 10.1. The first kappa shape index (κ1) is 18.0. The van der Waals surface area contributed by atoms with Crippen LogP contribution in [0, 0.1) is 12.8 Å². The van der Waals surface area contributed by atoms with Crippen LogP contribution in [0.4, 0.5) is 10.5 Å². The predicted molar refractivity (Wildman–Crippen MR) is 90.3 cm³/mol. The quantitative estimate of drug-likeness (QED) is 0.754. The highest BCUT2D eigenvalue weighted by Gasteiger charge is 2.11. The number of carbonyl (C=O) groups excluding carboxylic acids is 2. The molecule has 0 fully saturated rings. The van der Waals surface area contributed by atoms with Crippen molar-refractivity contribution in [3.05, 3.63) is 29.3 Å². The Balaban J connectivity index is 2.69. The van der Waals surface area contributed by atoms with Gasteiger partial charge in [0.05, 0.1) is 0 Å². The number of anilines is 1. The van der Waals surface area contributed by atoms with Crippen LogP contribution in [0.1, 0.15) is 50.0 Å². The summed E-state index contributed by atoms with van der Waals surface area (Å²) in [6.07, 6.45) is 0.889. The SMILES string of the molecule is CC[C@@H](C)NC(=O)c1ccc(NC(=O)NCC(C)C)c(C)c1. The van der Waals surface area contributed by atoms with Crippen molar-refractivity contribution >= 4 is 17.6 Å². The van der Waals surface area contributed by atoms with E-state index < -0.39 is 0 Å². The molecule has 22 heavy (non-hydrogen) atoms. The summed E-state index contributed by atoms with van der Waals surface area (Å²) in [4.78, 5) is 23.8. The van der Waals surface area contributed by atoms with E-state index in [1.165, 1.54) is 0 Å². The standard InChI is InChI=1S/C17H27N3O2/c1-6-13(5)19-16(21)14-7-8-15(12(4)9-14)20-17(22)18-10-11(2)3/h7-9,11,13H,6,10H2,1-5H3,(H,19,21)(H2,18,20,22)/t13-/m1/s1. The lowest BCUT2D eigenvalue weighted by Gasteiger charge is -2.14. The number of benzene rings is 1. The van der Waals surface area contributed by atoms with Crippen LogP contribution in [0.3, 0.4) is 0 Å². The molecule has 0 spiro atoms. The fourth-order valence-corrected chi connectivity index (χ4v) is 1.82. The molecule has 3 N–H and O–H groups in total. The minimum atomic E-state index is -0.228. The van der Waals surface area contributed by atoms with Gasteiger partial charge in [0.15, 0.2) is 0 Å². The summed E-state index contributed by atoms with van der Waals surface area (Å²) in [5.41, 5.74) is 2.17. The van der Waals surface area contributed by atoms with Gasteiger partial charge in [-0.3, -0.25) is 4.79 Å². The monoisotopic (exact) mass is 305 g/mol. The van der Waals surface area contributed by atoms with Crippen LogP contribution in [0.25, 0.3) is 0 Å². The number of hydrogen-bond acceptors (Lipinski definition) is 2. The average Bonchev–Trinajstić information content (AvgIpc) is 2.46. The van der Waals surface area contributed by atoms with Crippen LogP contribution in [0.5, 0.6) is 0 Å². The van der Waals surface area contributed by atoms with E-state index in [0.29, 0.717) is 23.7 Å². The Morgan fingerprint density at radius 2 is 1.86 bits per heavy atom. The number of rotatable bonds is 6. The highest BCUT2D eigenvalue weighted by molar-refractivity contribution is 5.96. The molecule has 0 unspecified atom stereocenters. The van der Waals surface area contributed by atoms with E-state index >= 15 is 0 Å². The fourth-order valence-electron chi connectivity index (χ4n) is 1.82. The maximum atomic E-state index is 12.1. The molecule has 5 heteroatoms. The highest BCUT2D eigenvalue weighted by Crippen LogP contribution is 2.16. The normalized spacial score (nSPS) is 11.9. The molecule has 122 valence electrons. The van der Waals surface area contributed by atoms with Gasteiger partial charge in [-0.2, -0.15) is 0 Å². The van der Waals surface area contributed by atoms with E-state index in [0.717, 1.165) is 12.0 Å². The molecule has 0 saturated carbocycles. The van der Waals surface area contributed by atoms with Gasteiger partial charge in [0, 0.05) is 23.8 Å². The fraction of sp³-hybridized carbons (Fsp3) is 0.529. The van der Waals surface area contributed by atoms with Gasteiger partial charge in [-0.1, -0.05) is 20.8 Å². The van der Waals surface area contributed by atoms with Crippen LogP contribution in [-0.2, 0) is 0 Å². The molecule has 0 radical (unpaired) electrons. The van der Waals surface area contributed by atoms with Crippen molar-refractivity contribution in [2.45, 2.75) is 47.1 Å². The van der Waals surface area contributed by atoms with Gasteiger partial charge in [0.25, 0.3) is 5.91 Å². The van der Waals surface area contributed by atoms with Crippen LogP contribution in [0.15, 0.2) is 18.2 Å². The highest BCUT2D eigenvalue weighted by atomic mass is 16.2. The smallest absolute Gasteiger partial charge is 0.319 e. The van der Waals surface area contributed by atoms with Crippen LogP contribution < -0.4 is 16.0 Å². The Labute approximate surface area is 132 Å². The van der Waals surface area contributed by atoms with E-state index in [-0.39, 0.29) is 18.0 Å². The van der Waals surface area contributed by atoms with Crippen molar-refractivity contribution < 1.29 is 9.59 Å². The van der Waals surface area contributed by atoms with Crippen molar-refractivity contribution in [3.8, 4) is 0 Å². The molecule has 0 aromatic heterocycles. The van der Waals surface area contributed by atoms with Crippen LogP contribution >= 0.6 is 0 Å². The average molecular weight is 305 g/mol. The van der Waals surface area contributed by atoms with Crippen LogP contribution in [-0.4, -0.2) is 24.5 Å². The van der Waals surface area contributed by atoms with Crippen molar-refractivity contribution in [1.29, 1.82) is 0 Å². The molecule has 0 heterocycles. The Kier molecular flexibility index (Phi) is 6.89. The van der Waals surface area contributed by atoms with Crippen molar-refractivity contribution in [2.75, 3.05) is 11.9 Å². The molecule has 1 rings (SSSR count). The third-order valence-corrected chi connectivity index (χ3v) is 3.40. The minimum absolute atomic E-state index is 0.0896. The molecule has 1 aromatic carbocycles. The zero-order valence-corrected chi connectivity index (χ0v) is 14.1. The van der Waals surface area contributed by atoms with Gasteiger partial charge in [-0.25, -0.2) is 4.79 Å². The Bertz CT molecular complexity index is 527. The number of amides is 3. The van der Waals surface area contributed by atoms with Gasteiger partial charge < -0.3 is 16.0 Å². The lowest BCUT2D eigenvalue weighted by Crippen LogP contribution is -2.32. The molecular weight excluding hydrogens is 278 g/mol. The Morgan fingerprint density at radius 3 is 2.41 bits per heavy atom. The molecule has 1 atom stereocenters. The summed E-state index contributed by atoms with van der Waals surface area (Å²) in [6, 6.07) is 5.19. The molecule has 0 aliphatic heterocycles. The van der Waals surface area contributed by atoms with E-state index in [1.807, 2.05) is 34.6 Å². The molecular formula is C17H27N3O2. The van der Waals surface area contributed by atoms with Gasteiger partial charge >= 0.3 is 6.03 Å². The van der Waals surface area contributed by atoms with Gasteiger partial charge in [-0.15, -0.1) is 0 Å². The molecule has 1 aromatic rings. The first-order valence-corrected chi connectivity index (χ1v) is 7.79. The summed E-state index contributed by atoms with van der Waals surface area (Å²) in [5.74, 6) is 0.312.